The van der Waals surface area contributed by atoms with E-state index in [2.05, 4.69) is 43.1 Å². The maximum Gasteiger partial charge on any atom is 0.176 e. The van der Waals surface area contributed by atoms with Crippen LogP contribution in [-0.2, 0) is 7.05 Å². The molecule has 0 saturated heterocycles. The molecule has 8 nitrogen and oxygen atoms in total. The summed E-state index contributed by atoms with van der Waals surface area (Å²) in [5.41, 5.74) is 1.55. The van der Waals surface area contributed by atoms with Gasteiger partial charge in [-0.3, -0.25) is 9.36 Å². The number of nitrogens with zero attached hydrogens (tertiary/aromatic N) is 8. The summed E-state index contributed by atoms with van der Waals surface area (Å²) in [6, 6.07) is -0.0158. The zero-order valence-electron chi connectivity index (χ0n) is 12.0. The van der Waals surface area contributed by atoms with E-state index in [0.29, 0.717) is 0 Å². The smallest absolute Gasteiger partial charge is 0.176 e. The second kappa shape index (κ2) is 4.87. The lowest BCUT2D eigenvalue weighted by Crippen LogP contribution is -2.12. The highest BCUT2D eigenvalue weighted by Crippen LogP contribution is 2.23. The van der Waals surface area contributed by atoms with Gasteiger partial charge in [-0.15, -0.1) is 5.10 Å². The second-order valence-corrected chi connectivity index (χ2v) is 5.97. The number of aromatic nitrogens is 8. The van der Waals surface area contributed by atoms with Crippen molar-refractivity contribution in [2.24, 2.45) is 7.05 Å². The Labute approximate surface area is 133 Å². The summed E-state index contributed by atoms with van der Waals surface area (Å²) >= 11 is 3.42. The fourth-order valence-electron chi connectivity index (χ4n) is 2.57. The molecule has 9 heteroatoms. The Morgan fingerprint density at radius 2 is 2.09 bits per heavy atom. The Balaban J connectivity index is 1.89. The van der Waals surface area contributed by atoms with E-state index in [0.717, 1.165) is 33.4 Å². The number of rotatable bonds is 3. The molecule has 4 aromatic rings. The zero-order valence-corrected chi connectivity index (χ0v) is 13.6. The molecule has 4 heterocycles. The molecular formula is C13H13BrN8. The highest BCUT2D eigenvalue weighted by Gasteiger charge is 2.20. The zero-order chi connectivity index (χ0) is 15.3. The molecule has 0 N–H and O–H groups in total. The molecular weight excluding hydrogens is 348 g/mol. The maximum absolute atomic E-state index is 4.69. The van der Waals surface area contributed by atoms with Crippen molar-refractivity contribution in [3.05, 3.63) is 35.2 Å². The third-order valence-corrected chi connectivity index (χ3v) is 4.07. The van der Waals surface area contributed by atoms with Gasteiger partial charge in [0.2, 0.25) is 0 Å². The molecule has 0 aliphatic rings. The van der Waals surface area contributed by atoms with Gasteiger partial charge in [-0.1, -0.05) is 6.92 Å². The lowest BCUT2D eigenvalue weighted by Gasteiger charge is -2.10. The SMILES string of the molecule is CCC(c1nc2c3cnn(C)c3ncn2n1)n1cc(Br)cn1. The molecule has 22 heavy (non-hydrogen) atoms. The number of aryl methyl sites for hydroxylation is 1. The van der Waals surface area contributed by atoms with E-state index in [-0.39, 0.29) is 6.04 Å². The summed E-state index contributed by atoms with van der Waals surface area (Å²) in [7, 11) is 1.86. The predicted octanol–water partition coefficient (Wildman–Crippen LogP) is 1.97. The fraction of sp³-hybridized carbons (Fsp3) is 0.308. The minimum atomic E-state index is -0.0158. The van der Waals surface area contributed by atoms with Crippen molar-refractivity contribution in [2.75, 3.05) is 0 Å². The summed E-state index contributed by atoms with van der Waals surface area (Å²) in [5, 5.41) is 14.0. The number of fused-ring (bicyclic) bond motifs is 3. The minimum Gasteiger partial charge on any atom is -0.261 e. The van der Waals surface area contributed by atoms with Gasteiger partial charge in [0.05, 0.1) is 22.3 Å². The first-order valence-electron chi connectivity index (χ1n) is 6.90. The number of hydrogen-bond acceptors (Lipinski definition) is 5. The van der Waals surface area contributed by atoms with Gasteiger partial charge in [0.1, 0.15) is 12.4 Å². The van der Waals surface area contributed by atoms with Gasteiger partial charge in [0, 0.05) is 13.2 Å². The molecule has 1 atom stereocenters. The van der Waals surface area contributed by atoms with Crippen LogP contribution in [0.5, 0.6) is 0 Å². The number of hydrogen-bond donors (Lipinski definition) is 0. The largest absolute Gasteiger partial charge is 0.261 e. The molecule has 0 amide bonds. The molecule has 0 aliphatic heterocycles. The van der Waals surface area contributed by atoms with E-state index in [1.54, 1.807) is 27.9 Å². The van der Waals surface area contributed by atoms with Gasteiger partial charge in [-0.25, -0.2) is 14.5 Å². The fourth-order valence-corrected chi connectivity index (χ4v) is 2.87. The molecule has 0 aliphatic carbocycles. The first kappa shape index (κ1) is 13.4. The molecule has 0 bridgehead atoms. The highest BCUT2D eigenvalue weighted by molar-refractivity contribution is 9.10. The third-order valence-electron chi connectivity index (χ3n) is 3.66. The summed E-state index contributed by atoms with van der Waals surface area (Å²) in [4.78, 5) is 9.07. The van der Waals surface area contributed by atoms with Crippen LogP contribution in [0.4, 0.5) is 0 Å². The third kappa shape index (κ3) is 1.92. The lowest BCUT2D eigenvalue weighted by molar-refractivity contribution is 0.484. The Morgan fingerprint density at radius 1 is 1.23 bits per heavy atom. The van der Waals surface area contributed by atoms with Gasteiger partial charge in [0.15, 0.2) is 17.1 Å². The van der Waals surface area contributed by atoms with Crippen molar-refractivity contribution in [1.29, 1.82) is 0 Å². The van der Waals surface area contributed by atoms with Crippen LogP contribution in [0.15, 0.2) is 29.4 Å². The predicted molar refractivity (Wildman–Crippen MR) is 83.4 cm³/mol. The monoisotopic (exact) mass is 360 g/mol. The van der Waals surface area contributed by atoms with E-state index >= 15 is 0 Å². The summed E-state index contributed by atoms with van der Waals surface area (Å²) in [5.74, 6) is 0.719. The molecule has 0 aromatic carbocycles. The van der Waals surface area contributed by atoms with E-state index in [4.69, 9.17) is 4.98 Å². The first-order valence-corrected chi connectivity index (χ1v) is 7.69. The average Bonchev–Trinajstić information content (AvgIpc) is 3.19. The van der Waals surface area contributed by atoms with Gasteiger partial charge >= 0.3 is 0 Å². The molecule has 4 aromatic heterocycles. The van der Waals surface area contributed by atoms with Gasteiger partial charge in [-0.05, 0) is 22.4 Å². The van der Waals surface area contributed by atoms with E-state index in [1.807, 2.05) is 17.9 Å². The Morgan fingerprint density at radius 3 is 2.82 bits per heavy atom. The van der Waals surface area contributed by atoms with E-state index in [1.165, 1.54) is 0 Å². The molecule has 0 saturated carbocycles. The van der Waals surface area contributed by atoms with Gasteiger partial charge in [0.25, 0.3) is 0 Å². The normalized spacial score (nSPS) is 13.2. The molecule has 1 unspecified atom stereocenters. The van der Waals surface area contributed by atoms with Gasteiger partial charge < -0.3 is 0 Å². The van der Waals surface area contributed by atoms with Crippen molar-refractivity contribution in [1.82, 2.24) is 39.1 Å². The van der Waals surface area contributed by atoms with Gasteiger partial charge in [-0.2, -0.15) is 10.2 Å². The summed E-state index contributed by atoms with van der Waals surface area (Å²) in [6.45, 7) is 2.09. The number of halogens is 1. The van der Waals surface area contributed by atoms with Crippen molar-refractivity contribution in [3.63, 3.8) is 0 Å². The lowest BCUT2D eigenvalue weighted by atomic mass is 10.2. The minimum absolute atomic E-state index is 0.0158. The van der Waals surface area contributed by atoms with Crippen LogP contribution in [-0.4, -0.2) is 39.1 Å². The maximum atomic E-state index is 4.69. The van der Waals surface area contributed by atoms with Crippen LogP contribution in [0.2, 0.25) is 0 Å². The van der Waals surface area contributed by atoms with Crippen LogP contribution < -0.4 is 0 Å². The second-order valence-electron chi connectivity index (χ2n) is 5.05. The van der Waals surface area contributed by atoms with Crippen LogP contribution in [0.25, 0.3) is 16.7 Å². The molecule has 0 radical (unpaired) electrons. The molecule has 0 fully saturated rings. The highest BCUT2D eigenvalue weighted by atomic mass is 79.9. The molecule has 4 rings (SSSR count). The van der Waals surface area contributed by atoms with Crippen LogP contribution in [0.1, 0.15) is 25.2 Å². The Kier molecular flexibility index (Phi) is 2.96. The Bertz CT molecular complexity index is 965. The standard InChI is InChI=1S/C13H13BrN8/c1-3-10(21-6-8(14)4-17-21)11-18-13-9-5-16-20(2)12(9)15-7-22(13)19-11/h4-7,10H,3H2,1-2H3. The summed E-state index contributed by atoms with van der Waals surface area (Å²) < 4.78 is 6.23. The summed E-state index contributed by atoms with van der Waals surface area (Å²) in [6.07, 6.45) is 7.97. The van der Waals surface area contributed by atoms with Crippen LogP contribution >= 0.6 is 15.9 Å². The van der Waals surface area contributed by atoms with Crippen LogP contribution in [0.3, 0.4) is 0 Å². The molecule has 112 valence electrons. The molecule has 0 spiro atoms. The van der Waals surface area contributed by atoms with Crippen molar-refractivity contribution in [3.8, 4) is 0 Å². The van der Waals surface area contributed by atoms with Crippen LogP contribution in [0, 0.1) is 0 Å². The Hall–Kier alpha value is -2.29. The average molecular weight is 361 g/mol. The quantitative estimate of drug-likeness (QED) is 0.558. The van der Waals surface area contributed by atoms with Crippen molar-refractivity contribution in [2.45, 2.75) is 19.4 Å². The van der Waals surface area contributed by atoms with E-state index in [9.17, 15) is 0 Å². The topological polar surface area (TPSA) is 78.7 Å². The van der Waals surface area contributed by atoms with E-state index < -0.39 is 0 Å². The first-order chi connectivity index (χ1) is 10.7. The van der Waals surface area contributed by atoms with Crippen molar-refractivity contribution < 1.29 is 0 Å². The van der Waals surface area contributed by atoms with Crippen molar-refractivity contribution >= 4 is 32.6 Å².